The highest BCUT2D eigenvalue weighted by Crippen LogP contribution is 2.38. The van der Waals surface area contributed by atoms with Crippen molar-refractivity contribution in [3.05, 3.63) is 77.0 Å². The first-order valence-corrected chi connectivity index (χ1v) is 12.5. The number of Topliss-reactive ketones (excluding diaryl/α,β-unsaturated/α-hetero) is 1. The summed E-state index contributed by atoms with van der Waals surface area (Å²) in [7, 11) is 1.37. The molecule has 0 aliphatic carbocycles. The van der Waals surface area contributed by atoms with E-state index in [-0.39, 0.29) is 51.2 Å². The van der Waals surface area contributed by atoms with Crippen molar-refractivity contribution in [2.75, 3.05) is 7.05 Å². The minimum absolute atomic E-state index is 0.00583. The number of nitriles is 1. The number of hydrogen-bond donors (Lipinski definition) is 1. The number of aryl methyl sites for hydroxylation is 1. The van der Waals surface area contributed by atoms with Crippen LogP contribution >= 0.6 is 0 Å². The zero-order chi connectivity index (χ0) is 30.1. The van der Waals surface area contributed by atoms with Gasteiger partial charge in [0.15, 0.2) is 5.78 Å². The number of aromatic nitrogens is 1. The van der Waals surface area contributed by atoms with Crippen molar-refractivity contribution in [2.45, 2.75) is 39.3 Å². The van der Waals surface area contributed by atoms with Crippen molar-refractivity contribution in [1.82, 2.24) is 10.3 Å². The summed E-state index contributed by atoms with van der Waals surface area (Å²) >= 11 is 0. The van der Waals surface area contributed by atoms with Crippen LogP contribution < -0.4 is 5.32 Å². The molecule has 41 heavy (non-hydrogen) atoms. The largest absolute Gasteiger partial charge is 0.437 e. The van der Waals surface area contributed by atoms with Crippen LogP contribution in [-0.2, 0) is 6.42 Å². The third-order valence-electron chi connectivity index (χ3n) is 6.40. The average Bonchev–Trinajstić information content (AvgIpc) is 3.28. The molecule has 0 spiro atoms. The van der Waals surface area contributed by atoms with Crippen LogP contribution in [0, 0.1) is 28.4 Å². The maximum atomic E-state index is 14.8. The van der Waals surface area contributed by atoms with Gasteiger partial charge in [-0.15, -0.1) is 0 Å². The number of nitrogens with one attached hydrogen (secondary N) is 1. The van der Waals surface area contributed by atoms with Crippen molar-refractivity contribution < 1.29 is 36.0 Å². The van der Waals surface area contributed by atoms with Gasteiger partial charge in [-0.1, -0.05) is 0 Å². The highest BCUT2D eigenvalue weighted by atomic mass is 19.4. The fourth-order valence-electron chi connectivity index (χ4n) is 4.36. The molecule has 0 fully saturated rings. The van der Waals surface area contributed by atoms with E-state index in [1.165, 1.54) is 31.3 Å². The monoisotopic (exact) mass is 569 g/mol. The van der Waals surface area contributed by atoms with Crippen LogP contribution in [0.1, 0.15) is 53.1 Å². The van der Waals surface area contributed by atoms with Gasteiger partial charge in [0.05, 0.1) is 28.1 Å². The molecule has 4 aromatic rings. The number of benzene rings is 2. The van der Waals surface area contributed by atoms with Gasteiger partial charge in [-0.05, 0) is 74.4 Å². The van der Waals surface area contributed by atoms with Crippen LogP contribution in [0.2, 0.25) is 0 Å². The first-order valence-electron chi connectivity index (χ1n) is 12.5. The third-order valence-corrected chi connectivity index (χ3v) is 6.40. The topological polar surface area (TPSA) is 96.0 Å². The Hall–Kier alpha value is -4.59. The third kappa shape index (κ3) is 6.60. The highest BCUT2D eigenvalue weighted by molar-refractivity contribution is 6.11. The second kappa shape index (κ2) is 11.1. The predicted molar refractivity (Wildman–Crippen MR) is 141 cm³/mol. The number of furan rings is 1. The number of pyridine rings is 1. The number of halogens is 5. The van der Waals surface area contributed by atoms with Gasteiger partial charge in [-0.25, -0.2) is 13.8 Å². The van der Waals surface area contributed by atoms with E-state index in [0.717, 1.165) is 24.3 Å². The summed E-state index contributed by atoms with van der Waals surface area (Å²) in [6.07, 6.45) is -6.59. The summed E-state index contributed by atoms with van der Waals surface area (Å²) in [5.41, 5.74) is -0.914. The number of carbonyl (C=O) groups is 2. The molecular weight excluding hydrogens is 545 g/mol. The fraction of sp³-hybridized carbons (Fsp3) is 0.267. The van der Waals surface area contributed by atoms with E-state index < -0.39 is 47.8 Å². The van der Waals surface area contributed by atoms with E-state index in [2.05, 4.69) is 10.3 Å². The number of ketones is 1. The van der Waals surface area contributed by atoms with E-state index in [9.17, 15) is 36.8 Å². The molecule has 0 bridgehead atoms. The molecule has 0 saturated carbocycles. The molecule has 0 unspecified atom stereocenters. The Morgan fingerprint density at radius 1 is 1.00 bits per heavy atom. The normalized spacial score (nSPS) is 11.9. The molecule has 0 saturated heterocycles. The smallest absolute Gasteiger partial charge is 0.389 e. The van der Waals surface area contributed by atoms with Crippen molar-refractivity contribution in [1.29, 1.82) is 5.26 Å². The minimum atomic E-state index is -4.53. The molecule has 0 aliphatic rings. The molecule has 0 atom stereocenters. The quantitative estimate of drug-likeness (QED) is 0.176. The van der Waals surface area contributed by atoms with Crippen molar-refractivity contribution in [2.24, 2.45) is 5.41 Å². The van der Waals surface area contributed by atoms with Gasteiger partial charge in [0, 0.05) is 36.6 Å². The lowest BCUT2D eigenvalue weighted by Gasteiger charge is -2.15. The first-order chi connectivity index (χ1) is 19.2. The molecule has 212 valence electrons. The van der Waals surface area contributed by atoms with Crippen molar-refractivity contribution in [3.63, 3.8) is 0 Å². The molecule has 2 heterocycles. The second-order valence-corrected chi connectivity index (χ2v) is 10.2. The zero-order valence-electron chi connectivity index (χ0n) is 22.2. The maximum Gasteiger partial charge on any atom is 0.389 e. The molecule has 0 aliphatic heterocycles. The van der Waals surface area contributed by atoms with Gasteiger partial charge in [-0.2, -0.15) is 18.4 Å². The van der Waals surface area contributed by atoms with Gasteiger partial charge >= 0.3 is 6.18 Å². The Morgan fingerprint density at radius 3 is 2.29 bits per heavy atom. The predicted octanol–water partition coefficient (Wildman–Crippen LogP) is 7.42. The number of rotatable bonds is 8. The number of alkyl halides is 3. The van der Waals surface area contributed by atoms with Crippen molar-refractivity contribution >= 4 is 22.8 Å². The number of amides is 1. The highest BCUT2D eigenvalue weighted by Gasteiger charge is 2.30. The van der Waals surface area contributed by atoms with E-state index in [1.54, 1.807) is 13.8 Å². The van der Waals surface area contributed by atoms with Crippen molar-refractivity contribution in [3.8, 4) is 28.5 Å². The van der Waals surface area contributed by atoms with Gasteiger partial charge in [0.2, 0.25) is 5.71 Å². The molecule has 0 radical (unpaired) electrons. The number of nitrogens with zero attached hydrogens (tertiary/aromatic N) is 2. The van der Waals surface area contributed by atoms with Gasteiger partial charge in [0.25, 0.3) is 5.91 Å². The molecule has 2 aromatic carbocycles. The fourth-order valence-corrected chi connectivity index (χ4v) is 4.36. The van der Waals surface area contributed by atoms with Gasteiger partial charge in [-0.3, -0.25) is 9.59 Å². The summed E-state index contributed by atoms with van der Waals surface area (Å²) in [5, 5.41) is 11.9. The first kappa shape index (κ1) is 29.4. The number of fused-ring (bicyclic) bond motifs is 1. The molecule has 2 aromatic heterocycles. The van der Waals surface area contributed by atoms with Crippen LogP contribution in [-0.4, -0.2) is 29.9 Å². The number of carbonyl (C=O) groups excluding carboxylic acids is 2. The lowest BCUT2D eigenvalue weighted by atomic mass is 9.86. The molecule has 4 rings (SSSR count). The Bertz CT molecular complexity index is 1680. The van der Waals surface area contributed by atoms with Crippen LogP contribution in [0.5, 0.6) is 0 Å². The summed E-state index contributed by atoms with van der Waals surface area (Å²) < 4.78 is 73.9. The van der Waals surface area contributed by atoms with Gasteiger partial charge < -0.3 is 9.73 Å². The van der Waals surface area contributed by atoms with E-state index in [4.69, 9.17) is 4.42 Å². The summed E-state index contributed by atoms with van der Waals surface area (Å²) in [5.74, 6) is -2.48. The molecule has 11 heteroatoms. The lowest BCUT2D eigenvalue weighted by molar-refractivity contribution is -0.134. The van der Waals surface area contributed by atoms with Crippen LogP contribution in [0.4, 0.5) is 22.0 Å². The van der Waals surface area contributed by atoms with E-state index in [0.29, 0.717) is 5.56 Å². The molecule has 1 amide bonds. The Morgan fingerprint density at radius 2 is 1.68 bits per heavy atom. The molecular formula is C30H24F5N3O3. The lowest BCUT2D eigenvalue weighted by Crippen LogP contribution is -2.18. The standard InChI is InChI=1S/C30H24F5N3O3/c1-29(2,15-36)14-24(39)18-10-17(11-20(32)12-18)21-13-22-25(27(40)37-3)26(16-4-6-19(31)7-5-16)41-28(22)38-23(21)8-9-30(33,34)35/h4-7,10-13H,8-9,14H2,1-3H3,(H,37,40). The molecule has 6 nitrogen and oxygen atoms in total. The number of hydrogen-bond acceptors (Lipinski definition) is 5. The summed E-state index contributed by atoms with van der Waals surface area (Å²) in [4.78, 5) is 30.1. The maximum absolute atomic E-state index is 14.8. The van der Waals surface area contributed by atoms with E-state index >= 15 is 0 Å². The summed E-state index contributed by atoms with van der Waals surface area (Å²) in [6, 6.07) is 11.8. The van der Waals surface area contributed by atoms with Crippen LogP contribution in [0.25, 0.3) is 33.6 Å². The summed E-state index contributed by atoms with van der Waals surface area (Å²) in [6.45, 7) is 3.10. The molecule has 1 N–H and O–H groups in total. The SMILES string of the molecule is CNC(=O)c1c(-c2ccc(F)cc2)oc2nc(CCC(F)(F)F)c(-c3cc(F)cc(C(=O)CC(C)(C)C#N)c3)cc12. The Kier molecular flexibility index (Phi) is 7.97. The van der Waals surface area contributed by atoms with Crippen LogP contribution in [0.15, 0.2) is 52.9 Å². The van der Waals surface area contributed by atoms with E-state index in [1.807, 2.05) is 6.07 Å². The Balaban J connectivity index is 1.96. The van der Waals surface area contributed by atoms with Crippen LogP contribution in [0.3, 0.4) is 0 Å². The average molecular weight is 570 g/mol. The van der Waals surface area contributed by atoms with Gasteiger partial charge in [0.1, 0.15) is 17.4 Å². The minimum Gasteiger partial charge on any atom is -0.437 e. The second-order valence-electron chi connectivity index (χ2n) is 10.2. The zero-order valence-corrected chi connectivity index (χ0v) is 22.2. The Labute approximate surface area is 231 Å².